The standard InChI is InChI=1S/C13H20N6/c1-3-10-6-4-5-7-11(10)18(2)13-9-8-12-14-16-17-19(12)15-13/h8-11H,3-7H2,1-2H3. The highest BCUT2D eigenvalue weighted by Crippen LogP contribution is 2.31. The van der Waals surface area contributed by atoms with Crippen molar-refractivity contribution in [2.45, 2.75) is 45.1 Å². The van der Waals surface area contributed by atoms with Gasteiger partial charge in [0, 0.05) is 13.1 Å². The molecule has 2 aromatic heterocycles. The van der Waals surface area contributed by atoms with Gasteiger partial charge in [0.25, 0.3) is 0 Å². The van der Waals surface area contributed by atoms with E-state index in [4.69, 9.17) is 0 Å². The summed E-state index contributed by atoms with van der Waals surface area (Å²) in [5, 5.41) is 15.9. The normalized spacial score (nSPS) is 23.7. The van der Waals surface area contributed by atoms with E-state index in [1.54, 1.807) is 0 Å². The molecule has 0 saturated heterocycles. The van der Waals surface area contributed by atoms with E-state index in [0.717, 1.165) is 11.7 Å². The van der Waals surface area contributed by atoms with Gasteiger partial charge in [-0.3, -0.25) is 0 Å². The summed E-state index contributed by atoms with van der Waals surface area (Å²) >= 11 is 0. The van der Waals surface area contributed by atoms with Crippen molar-refractivity contribution in [2.75, 3.05) is 11.9 Å². The maximum absolute atomic E-state index is 4.49. The number of nitrogens with zero attached hydrogens (tertiary/aromatic N) is 6. The molecule has 0 spiro atoms. The fraction of sp³-hybridized carbons (Fsp3) is 0.692. The first-order valence-electron chi connectivity index (χ1n) is 7.08. The summed E-state index contributed by atoms with van der Waals surface area (Å²) in [5.74, 6) is 1.72. The summed E-state index contributed by atoms with van der Waals surface area (Å²) in [4.78, 5) is 2.30. The fourth-order valence-corrected chi connectivity index (χ4v) is 3.17. The van der Waals surface area contributed by atoms with Crippen molar-refractivity contribution in [2.24, 2.45) is 5.92 Å². The highest BCUT2D eigenvalue weighted by molar-refractivity contribution is 5.44. The molecule has 0 aromatic carbocycles. The zero-order valence-electron chi connectivity index (χ0n) is 11.5. The second-order valence-corrected chi connectivity index (χ2v) is 5.35. The lowest BCUT2D eigenvalue weighted by Crippen LogP contribution is -2.40. The highest BCUT2D eigenvalue weighted by atomic mass is 15.6. The van der Waals surface area contributed by atoms with Crippen molar-refractivity contribution in [1.82, 2.24) is 25.3 Å². The number of tetrazole rings is 1. The largest absolute Gasteiger partial charge is 0.355 e. The van der Waals surface area contributed by atoms with Gasteiger partial charge in [0.05, 0.1) is 0 Å². The molecule has 6 heteroatoms. The molecular formula is C13H20N6. The van der Waals surface area contributed by atoms with Crippen molar-refractivity contribution in [3.63, 3.8) is 0 Å². The molecule has 19 heavy (non-hydrogen) atoms. The number of hydrogen-bond acceptors (Lipinski definition) is 5. The van der Waals surface area contributed by atoms with Gasteiger partial charge >= 0.3 is 0 Å². The molecule has 3 rings (SSSR count). The Morgan fingerprint density at radius 2 is 2.16 bits per heavy atom. The number of anilines is 1. The van der Waals surface area contributed by atoms with E-state index >= 15 is 0 Å². The van der Waals surface area contributed by atoms with Gasteiger partial charge in [-0.1, -0.05) is 26.2 Å². The summed E-state index contributed by atoms with van der Waals surface area (Å²) in [6, 6.07) is 4.51. The molecule has 2 unspecified atom stereocenters. The van der Waals surface area contributed by atoms with Crippen molar-refractivity contribution in [3.05, 3.63) is 12.1 Å². The molecule has 2 atom stereocenters. The van der Waals surface area contributed by atoms with E-state index < -0.39 is 0 Å². The molecule has 0 amide bonds. The third-order valence-electron chi connectivity index (χ3n) is 4.31. The van der Waals surface area contributed by atoms with Crippen LogP contribution in [0, 0.1) is 5.92 Å². The molecule has 2 aromatic rings. The van der Waals surface area contributed by atoms with E-state index in [0.29, 0.717) is 11.7 Å². The first-order chi connectivity index (χ1) is 9.29. The smallest absolute Gasteiger partial charge is 0.200 e. The summed E-state index contributed by atoms with van der Waals surface area (Å²) in [7, 11) is 2.14. The van der Waals surface area contributed by atoms with Crippen molar-refractivity contribution in [1.29, 1.82) is 0 Å². The minimum Gasteiger partial charge on any atom is -0.355 e. The van der Waals surface area contributed by atoms with E-state index in [2.05, 4.69) is 39.5 Å². The number of rotatable bonds is 3. The molecule has 2 heterocycles. The Labute approximate surface area is 112 Å². The van der Waals surface area contributed by atoms with Crippen LogP contribution in [-0.4, -0.2) is 38.3 Å². The van der Waals surface area contributed by atoms with Crippen LogP contribution < -0.4 is 4.90 Å². The second-order valence-electron chi connectivity index (χ2n) is 5.35. The third-order valence-corrected chi connectivity index (χ3v) is 4.31. The lowest BCUT2D eigenvalue weighted by molar-refractivity contribution is 0.291. The zero-order valence-corrected chi connectivity index (χ0v) is 11.5. The average Bonchev–Trinajstić information content (AvgIpc) is 2.93. The first-order valence-corrected chi connectivity index (χ1v) is 7.08. The minimum atomic E-state index is 0.584. The summed E-state index contributed by atoms with van der Waals surface area (Å²) in [6.45, 7) is 2.29. The van der Waals surface area contributed by atoms with Crippen molar-refractivity contribution in [3.8, 4) is 0 Å². The lowest BCUT2D eigenvalue weighted by atomic mass is 9.82. The molecule has 6 nitrogen and oxygen atoms in total. The zero-order chi connectivity index (χ0) is 13.2. The van der Waals surface area contributed by atoms with Gasteiger partial charge in [-0.2, -0.15) is 0 Å². The molecular weight excluding hydrogens is 240 g/mol. The monoisotopic (exact) mass is 260 g/mol. The Balaban J connectivity index is 1.86. The van der Waals surface area contributed by atoms with E-state index in [1.165, 1.54) is 36.7 Å². The summed E-state index contributed by atoms with van der Waals surface area (Å²) < 4.78 is 1.50. The van der Waals surface area contributed by atoms with Crippen LogP contribution in [0.25, 0.3) is 5.65 Å². The van der Waals surface area contributed by atoms with Gasteiger partial charge in [-0.15, -0.1) is 14.8 Å². The topological polar surface area (TPSA) is 59.2 Å². The Hall–Kier alpha value is -1.72. The maximum Gasteiger partial charge on any atom is 0.200 e. The van der Waals surface area contributed by atoms with Gasteiger partial charge in [0.2, 0.25) is 0 Å². The second kappa shape index (κ2) is 5.11. The average molecular weight is 260 g/mol. The third kappa shape index (κ3) is 2.27. The van der Waals surface area contributed by atoms with Crippen LogP contribution in [-0.2, 0) is 0 Å². The molecule has 1 aliphatic rings. The predicted octanol–water partition coefficient (Wildman–Crippen LogP) is 1.92. The molecule has 0 radical (unpaired) electrons. The summed E-state index contributed by atoms with van der Waals surface area (Å²) in [6.07, 6.45) is 6.51. The van der Waals surface area contributed by atoms with Crippen molar-refractivity contribution < 1.29 is 0 Å². The Morgan fingerprint density at radius 1 is 1.32 bits per heavy atom. The SMILES string of the molecule is CCC1CCCCC1N(C)c1ccc2nnnn2n1. The van der Waals surface area contributed by atoms with Gasteiger partial charge in [0.15, 0.2) is 11.5 Å². The number of hydrogen-bond donors (Lipinski definition) is 0. The fourth-order valence-electron chi connectivity index (χ4n) is 3.17. The van der Waals surface area contributed by atoms with E-state index in [9.17, 15) is 0 Å². The molecule has 1 saturated carbocycles. The Bertz CT molecular complexity index is 551. The Morgan fingerprint density at radius 3 is 3.00 bits per heavy atom. The molecule has 1 aliphatic carbocycles. The van der Waals surface area contributed by atoms with Crippen LogP contribution in [0.15, 0.2) is 12.1 Å². The van der Waals surface area contributed by atoms with E-state index in [-0.39, 0.29) is 0 Å². The lowest BCUT2D eigenvalue weighted by Gasteiger charge is -2.38. The highest BCUT2D eigenvalue weighted by Gasteiger charge is 2.27. The summed E-state index contributed by atoms with van der Waals surface area (Å²) in [5.41, 5.74) is 0.688. The molecule has 0 aliphatic heterocycles. The van der Waals surface area contributed by atoms with E-state index in [1.807, 2.05) is 12.1 Å². The van der Waals surface area contributed by atoms with Crippen LogP contribution in [0.1, 0.15) is 39.0 Å². The van der Waals surface area contributed by atoms with Crippen LogP contribution in [0.3, 0.4) is 0 Å². The Kier molecular flexibility index (Phi) is 3.31. The molecule has 102 valence electrons. The minimum absolute atomic E-state index is 0.584. The maximum atomic E-state index is 4.49. The first kappa shape index (κ1) is 12.3. The van der Waals surface area contributed by atoms with Crippen LogP contribution in [0.4, 0.5) is 5.82 Å². The van der Waals surface area contributed by atoms with Gasteiger partial charge < -0.3 is 4.90 Å². The van der Waals surface area contributed by atoms with Crippen LogP contribution >= 0.6 is 0 Å². The predicted molar refractivity (Wildman–Crippen MR) is 73.0 cm³/mol. The molecule has 0 bridgehead atoms. The van der Waals surface area contributed by atoms with Gasteiger partial charge in [-0.25, -0.2) is 0 Å². The van der Waals surface area contributed by atoms with Crippen molar-refractivity contribution >= 4 is 11.5 Å². The quantitative estimate of drug-likeness (QED) is 0.844. The number of fused-ring (bicyclic) bond motifs is 1. The van der Waals surface area contributed by atoms with Crippen LogP contribution in [0.5, 0.6) is 0 Å². The van der Waals surface area contributed by atoms with Gasteiger partial charge in [-0.05, 0) is 41.3 Å². The number of aromatic nitrogens is 5. The molecule has 0 N–H and O–H groups in total. The van der Waals surface area contributed by atoms with Crippen LogP contribution in [0.2, 0.25) is 0 Å². The van der Waals surface area contributed by atoms with Gasteiger partial charge in [0.1, 0.15) is 0 Å². The molecule has 1 fully saturated rings.